The van der Waals surface area contributed by atoms with Crippen LogP contribution in [-0.2, 0) is 5.41 Å². The molecule has 0 saturated heterocycles. The summed E-state index contributed by atoms with van der Waals surface area (Å²) in [5.41, 5.74) is 9.04. The highest BCUT2D eigenvalue weighted by molar-refractivity contribution is 5.82. The van der Waals surface area contributed by atoms with E-state index in [0.29, 0.717) is 0 Å². The van der Waals surface area contributed by atoms with Gasteiger partial charge in [0.15, 0.2) is 0 Å². The van der Waals surface area contributed by atoms with E-state index < -0.39 is 0 Å². The van der Waals surface area contributed by atoms with E-state index in [1.165, 1.54) is 27.8 Å². The van der Waals surface area contributed by atoms with Gasteiger partial charge in [-0.05, 0) is 59.0 Å². The van der Waals surface area contributed by atoms with Crippen molar-refractivity contribution in [2.24, 2.45) is 0 Å². The third kappa shape index (κ3) is 2.66. The monoisotopic (exact) mass is 325 g/mol. The van der Waals surface area contributed by atoms with Crippen LogP contribution in [0.2, 0.25) is 0 Å². The Balaban J connectivity index is 1.67. The maximum Gasteiger partial charge on any atom is 0.0387 e. The average molecular weight is 325 g/mol. The summed E-state index contributed by atoms with van der Waals surface area (Å²) in [5, 5.41) is 3.54. The van der Waals surface area contributed by atoms with Gasteiger partial charge in [-0.1, -0.05) is 68.5 Å². The van der Waals surface area contributed by atoms with Crippen LogP contribution in [0.1, 0.15) is 37.5 Å². The molecular formula is C24H23N. The van der Waals surface area contributed by atoms with Crippen molar-refractivity contribution in [3.8, 4) is 11.1 Å². The highest BCUT2D eigenvalue weighted by Gasteiger charge is 2.35. The van der Waals surface area contributed by atoms with Crippen molar-refractivity contribution in [3.05, 3.63) is 89.5 Å². The van der Waals surface area contributed by atoms with Crippen LogP contribution in [-0.4, -0.2) is 0 Å². The summed E-state index contributed by atoms with van der Waals surface area (Å²) in [7, 11) is 0. The molecule has 0 saturated carbocycles. The van der Waals surface area contributed by atoms with E-state index in [-0.39, 0.29) is 5.41 Å². The lowest BCUT2D eigenvalue weighted by Gasteiger charge is -2.22. The molecule has 4 rings (SSSR count). The van der Waals surface area contributed by atoms with Crippen molar-refractivity contribution in [2.45, 2.75) is 26.2 Å². The largest absolute Gasteiger partial charge is 0.356 e. The summed E-state index contributed by atoms with van der Waals surface area (Å²) >= 11 is 0. The molecule has 25 heavy (non-hydrogen) atoms. The quantitative estimate of drug-likeness (QED) is 0.560. The summed E-state index contributed by atoms with van der Waals surface area (Å²) in [6, 6.07) is 24.0. The molecule has 0 unspecified atom stereocenters. The molecular weight excluding hydrogens is 302 g/mol. The topological polar surface area (TPSA) is 12.0 Å². The SMILES string of the molecule is C/C=C/c1ccc(Nc2ccc3c(c2)C(C)(C)c2ccccc2-3)cc1. The zero-order valence-electron chi connectivity index (χ0n) is 15.0. The minimum atomic E-state index is 0.0411. The molecule has 1 aliphatic carbocycles. The lowest BCUT2D eigenvalue weighted by atomic mass is 9.82. The molecule has 0 amide bonds. The number of allylic oxidation sites excluding steroid dienone is 1. The van der Waals surface area contributed by atoms with Crippen molar-refractivity contribution in [3.63, 3.8) is 0 Å². The van der Waals surface area contributed by atoms with Crippen molar-refractivity contribution >= 4 is 17.5 Å². The number of benzene rings is 3. The van der Waals surface area contributed by atoms with Gasteiger partial charge in [0.2, 0.25) is 0 Å². The molecule has 0 fully saturated rings. The van der Waals surface area contributed by atoms with Crippen molar-refractivity contribution < 1.29 is 0 Å². The molecule has 3 aromatic rings. The standard InChI is InChI=1S/C24H23N/c1-4-7-17-10-12-18(13-11-17)25-19-14-15-21-20-8-5-6-9-22(20)24(2,3)23(21)16-19/h4-16,25H,1-3H3/b7-4+. The summed E-state index contributed by atoms with van der Waals surface area (Å²) in [6.45, 7) is 6.66. The summed E-state index contributed by atoms with van der Waals surface area (Å²) in [6.07, 6.45) is 4.17. The predicted molar refractivity (Wildman–Crippen MR) is 108 cm³/mol. The van der Waals surface area contributed by atoms with Crippen LogP contribution in [0, 0.1) is 0 Å². The van der Waals surface area contributed by atoms with Gasteiger partial charge in [-0.2, -0.15) is 0 Å². The van der Waals surface area contributed by atoms with E-state index in [0.717, 1.165) is 11.4 Å². The third-order valence-electron chi connectivity index (χ3n) is 5.14. The maximum atomic E-state index is 3.54. The Hall–Kier alpha value is -2.80. The summed E-state index contributed by atoms with van der Waals surface area (Å²) < 4.78 is 0. The Morgan fingerprint density at radius 1 is 0.760 bits per heavy atom. The molecule has 3 aromatic carbocycles. The molecule has 0 atom stereocenters. The first-order valence-electron chi connectivity index (χ1n) is 8.84. The van der Waals surface area contributed by atoms with Crippen LogP contribution in [0.5, 0.6) is 0 Å². The molecule has 0 aromatic heterocycles. The van der Waals surface area contributed by atoms with Gasteiger partial charge in [0.05, 0.1) is 0 Å². The molecule has 0 spiro atoms. The fraction of sp³-hybridized carbons (Fsp3) is 0.167. The molecule has 0 heterocycles. The van der Waals surface area contributed by atoms with Crippen molar-refractivity contribution in [1.82, 2.24) is 0 Å². The average Bonchev–Trinajstić information content (AvgIpc) is 2.85. The van der Waals surface area contributed by atoms with Crippen molar-refractivity contribution in [2.75, 3.05) is 5.32 Å². The molecule has 0 radical (unpaired) electrons. The van der Waals surface area contributed by atoms with E-state index in [4.69, 9.17) is 0 Å². The number of hydrogen-bond acceptors (Lipinski definition) is 1. The second kappa shape index (κ2) is 5.93. The van der Waals surface area contributed by atoms with E-state index in [1.807, 2.05) is 6.92 Å². The number of rotatable bonds is 3. The first-order valence-corrected chi connectivity index (χ1v) is 8.84. The Morgan fingerprint density at radius 3 is 2.20 bits per heavy atom. The molecule has 1 heteroatoms. The molecule has 0 bridgehead atoms. The van der Waals surface area contributed by atoms with Crippen molar-refractivity contribution in [1.29, 1.82) is 0 Å². The smallest absolute Gasteiger partial charge is 0.0387 e. The predicted octanol–water partition coefficient (Wildman–Crippen LogP) is 6.77. The fourth-order valence-electron chi connectivity index (χ4n) is 3.82. The zero-order chi connectivity index (χ0) is 17.4. The summed E-state index contributed by atoms with van der Waals surface area (Å²) in [5.74, 6) is 0. The van der Waals surface area contributed by atoms with Gasteiger partial charge in [-0.25, -0.2) is 0 Å². The maximum absolute atomic E-state index is 3.54. The van der Waals surface area contributed by atoms with Crippen LogP contribution >= 0.6 is 0 Å². The van der Waals surface area contributed by atoms with Gasteiger partial charge < -0.3 is 5.32 Å². The highest BCUT2D eigenvalue weighted by atomic mass is 14.9. The van der Waals surface area contributed by atoms with E-state index >= 15 is 0 Å². The number of hydrogen-bond donors (Lipinski definition) is 1. The van der Waals surface area contributed by atoms with E-state index in [2.05, 4.69) is 98.0 Å². The second-order valence-electron chi connectivity index (χ2n) is 7.18. The summed E-state index contributed by atoms with van der Waals surface area (Å²) in [4.78, 5) is 0. The second-order valence-corrected chi connectivity index (χ2v) is 7.18. The minimum absolute atomic E-state index is 0.0411. The minimum Gasteiger partial charge on any atom is -0.356 e. The van der Waals surface area contributed by atoms with Gasteiger partial charge in [0.1, 0.15) is 0 Å². The molecule has 1 N–H and O–H groups in total. The molecule has 124 valence electrons. The normalized spacial score (nSPS) is 14.4. The first-order chi connectivity index (χ1) is 12.1. The Kier molecular flexibility index (Phi) is 3.73. The highest BCUT2D eigenvalue weighted by Crippen LogP contribution is 2.49. The van der Waals surface area contributed by atoms with Gasteiger partial charge in [-0.15, -0.1) is 0 Å². The number of fused-ring (bicyclic) bond motifs is 3. The zero-order valence-corrected chi connectivity index (χ0v) is 15.0. The van der Waals surface area contributed by atoms with E-state index in [9.17, 15) is 0 Å². The van der Waals surface area contributed by atoms with Crippen LogP contribution in [0.3, 0.4) is 0 Å². The van der Waals surface area contributed by atoms with Crippen LogP contribution in [0.4, 0.5) is 11.4 Å². The first kappa shape index (κ1) is 15.7. The fourth-order valence-corrected chi connectivity index (χ4v) is 3.82. The number of nitrogens with one attached hydrogen (secondary N) is 1. The Bertz CT molecular complexity index is 946. The van der Waals surface area contributed by atoms with Crippen LogP contribution < -0.4 is 5.32 Å². The van der Waals surface area contributed by atoms with Gasteiger partial charge in [0, 0.05) is 16.8 Å². The van der Waals surface area contributed by atoms with Gasteiger partial charge in [0.25, 0.3) is 0 Å². The lowest BCUT2D eigenvalue weighted by Crippen LogP contribution is -2.15. The lowest BCUT2D eigenvalue weighted by molar-refractivity contribution is 0.660. The number of anilines is 2. The van der Waals surface area contributed by atoms with Gasteiger partial charge in [-0.3, -0.25) is 0 Å². The molecule has 0 aliphatic heterocycles. The Morgan fingerprint density at radius 2 is 1.44 bits per heavy atom. The third-order valence-corrected chi connectivity index (χ3v) is 5.14. The van der Waals surface area contributed by atoms with Crippen LogP contribution in [0.25, 0.3) is 17.2 Å². The van der Waals surface area contributed by atoms with Gasteiger partial charge >= 0.3 is 0 Å². The van der Waals surface area contributed by atoms with E-state index in [1.54, 1.807) is 0 Å². The van der Waals surface area contributed by atoms with Crippen LogP contribution in [0.15, 0.2) is 72.8 Å². The molecule has 1 nitrogen and oxygen atoms in total. The molecule has 1 aliphatic rings. The Labute approximate surface area is 150 Å².